The maximum Gasteiger partial charge on any atom is 0.163 e. The van der Waals surface area contributed by atoms with Gasteiger partial charge >= 0.3 is 0 Å². The van der Waals surface area contributed by atoms with Crippen LogP contribution in [-0.4, -0.2) is 17.3 Å². The van der Waals surface area contributed by atoms with Crippen LogP contribution in [0.5, 0.6) is 0 Å². The van der Waals surface area contributed by atoms with Gasteiger partial charge in [-0.25, -0.2) is 0 Å². The number of unbranched alkanes of at least 4 members (excludes halogenated alkanes) is 3. The van der Waals surface area contributed by atoms with Gasteiger partial charge < -0.3 is 0 Å². The van der Waals surface area contributed by atoms with E-state index in [1.54, 1.807) is 0 Å². The molecule has 2 rings (SSSR count). The van der Waals surface area contributed by atoms with Gasteiger partial charge in [-0.2, -0.15) is 0 Å². The fourth-order valence-corrected chi connectivity index (χ4v) is 5.78. The molecule has 1 aliphatic rings. The van der Waals surface area contributed by atoms with Crippen LogP contribution in [-0.2, 0) is 22.4 Å². The predicted octanol–water partition coefficient (Wildman–Crippen LogP) is 8.66. The quantitative estimate of drug-likeness (QED) is 0.196. The molecule has 0 fully saturated rings. The fourth-order valence-electron chi connectivity index (χ4n) is 5.78. The first-order chi connectivity index (χ1) is 16.7. The summed E-state index contributed by atoms with van der Waals surface area (Å²) in [5.41, 5.74) is 4.71. The number of rotatable bonds is 14. The van der Waals surface area contributed by atoms with Crippen molar-refractivity contribution in [3.05, 3.63) is 34.4 Å². The highest BCUT2D eigenvalue weighted by Crippen LogP contribution is 2.37. The monoisotopic (exact) mass is 484 g/mol. The summed E-state index contributed by atoms with van der Waals surface area (Å²) >= 11 is 0. The largest absolute Gasteiger partial charge is 0.300 e. The number of carbonyl (C=O) groups is 3. The Hall–Kier alpha value is -1.77. The number of hydrogen-bond acceptors (Lipinski definition) is 3. The lowest BCUT2D eigenvalue weighted by molar-refractivity contribution is -0.129. The molecule has 3 unspecified atom stereocenters. The Morgan fingerprint density at radius 1 is 0.971 bits per heavy atom. The molecule has 1 aromatic rings. The Morgan fingerprint density at radius 3 is 2.23 bits per heavy atom. The van der Waals surface area contributed by atoms with E-state index in [1.165, 1.54) is 50.2 Å². The second-order valence-electron chi connectivity index (χ2n) is 10.8. The molecule has 0 spiro atoms. The molecular formula is C32H52O3. The predicted molar refractivity (Wildman–Crippen MR) is 148 cm³/mol. The summed E-state index contributed by atoms with van der Waals surface area (Å²) in [7, 11) is 0. The zero-order valence-corrected chi connectivity index (χ0v) is 23.8. The lowest BCUT2D eigenvalue weighted by atomic mass is 9.71. The van der Waals surface area contributed by atoms with E-state index < -0.39 is 0 Å². The van der Waals surface area contributed by atoms with Crippen molar-refractivity contribution in [2.24, 2.45) is 17.8 Å². The number of fused-ring (bicyclic) bond motifs is 1. The van der Waals surface area contributed by atoms with Crippen molar-refractivity contribution < 1.29 is 14.4 Å². The van der Waals surface area contributed by atoms with Crippen molar-refractivity contribution >= 4 is 17.3 Å². The van der Waals surface area contributed by atoms with E-state index in [2.05, 4.69) is 53.7 Å². The zero-order chi connectivity index (χ0) is 26.4. The summed E-state index contributed by atoms with van der Waals surface area (Å²) in [6.45, 7) is 14.3. The Morgan fingerprint density at radius 2 is 1.66 bits per heavy atom. The van der Waals surface area contributed by atoms with Crippen molar-refractivity contribution in [1.29, 1.82) is 0 Å². The molecule has 0 radical (unpaired) electrons. The standard InChI is InChI=1S/C29H44O3.C3H8/c1-6-9-10-11-13-23-15-14-20(4)29-26(23)18-22(19-28(29)32)17-24(12-7-2)25(8-3)27(31)16-21(5)30;1-3-2/h14-15,22,24-25H,6-13,16-19H2,1-5H3;3H2,1-2H3. The van der Waals surface area contributed by atoms with Crippen LogP contribution < -0.4 is 0 Å². The summed E-state index contributed by atoms with van der Waals surface area (Å²) in [4.78, 5) is 37.5. The molecule has 3 atom stereocenters. The molecule has 0 aliphatic heterocycles. The van der Waals surface area contributed by atoms with E-state index in [4.69, 9.17) is 0 Å². The zero-order valence-electron chi connectivity index (χ0n) is 23.8. The number of ketones is 3. The molecule has 0 bridgehead atoms. The Kier molecular flexibility index (Phi) is 15.0. The average molecular weight is 485 g/mol. The van der Waals surface area contributed by atoms with Crippen molar-refractivity contribution in [3.63, 3.8) is 0 Å². The van der Waals surface area contributed by atoms with Gasteiger partial charge in [-0.3, -0.25) is 14.4 Å². The molecule has 0 heterocycles. The van der Waals surface area contributed by atoms with Crippen molar-refractivity contribution in [2.45, 2.75) is 132 Å². The average Bonchev–Trinajstić information content (AvgIpc) is 2.78. The van der Waals surface area contributed by atoms with Gasteiger partial charge in [-0.05, 0) is 74.5 Å². The second-order valence-corrected chi connectivity index (χ2v) is 10.8. The van der Waals surface area contributed by atoms with E-state index in [1.807, 2.05) is 0 Å². The molecule has 0 amide bonds. The van der Waals surface area contributed by atoms with E-state index >= 15 is 0 Å². The van der Waals surface area contributed by atoms with Gasteiger partial charge in [0.05, 0.1) is 6.42 Å². The fraction of sp³-hybridized carbons (Fsp3) is 0.719. The van der Waals surface area contributed by atoms with Gasteiger partial charge in [0.15, 0.2) is 5.78 Å². The molecule has 0 N–H and O–H groups in total. The van der Waals surface area contributed by atoms with Crippen LogP contribution in [0.3, 0.4) is 0 Å². The highest BCUT2D eigenvalue weighted by molar-refractivity contribution is 6.00. The molecule has 35 heavy (non-hydrogen) atoms. The first-order valence-electron chi connectivity index (χ1n) is 14.4. The summed E-state index contributed by atoms with van der Waals surface area (Å²) in [6.07, 6.45) is 12.5. The summed E-state index contributed by atoms with van der Waals surface area (Å²) in [5, 5.41) is 0. The molecule has 198 valence electrons. The third kappa shape index (κ3) is 10.0. The molecule has 3 heteroatoms. The molecule has 3 nitrogen and oxygen atoms in total. The van der Waals surface area contributed by atoms with Gasteiger partial charge in [-0.1, -0.05) is 85.3 Å². The van der Waals surface area contributed by atoms with Gasteiger partial charge in [-0.15, -0.1) is 0 Å². The maximum absolute atomic E-state index is 13.2. The minimum Gasteiger partial charge on any atom is -0.300 e. The Labute approximate surface area is 215 Å². The summed E-state index contributed by atoms with van der Waals surface area (Å²) < 4.78 is 0. The number of Topliss-reactive ketones (excluding diaryl/α,β-unsaturated/α-hetero) is 3. The van der Waals surface area contributed by atoms with Crippen LogP contribution in [0.2, 0.25) is 0 Å². The smallest absolute Gasteiger partial charge is 0.163 e. The van der Waals surface area contributed by atoms with Gasteiger partial charge in [0.2, 0.25) is 0 Å². The van der Waals surface area contributed by atoms with Gasteiger partial charge in [0.25, 0.3) is 0 Å². The van der Waals surface area contributed by atoms with E-state index in [-0.39, 0.29) is 35.6 Å². The third-order valence-electron chi connectivity index (χ3n) is 7.30. The minimum absolute atomic E-state index is 0.0475. The normalized spacial score (nSPS) is 16.7. The molecule has 0 aromatic heterocycles. The van der Waals surface area contributed by atoms with E-state index in [0.29, 0.717) is 12.3 Å². The summed E-state index contributed by atoms with van der Waals surface area (Å²) in [6, 6.07) is 4.37. The van der Waals surface area contributed by atoms with E-state index in [0.717, 1.165) is 49.7 Å². The summed E-state index contributed by atoms with van der Waals surface area (Å²) in [5.74, 6) is 0.807. The van der Waals surface area contributed by atoms with Crippen LogP contribution in [0.15, 0.2) is 12.1 Å². The van der Waals surface area contributed by atoms with Gasteiger partial charge in [0.1, 0.15) is 11.6 Å². The van der Waals surface area contributed by atoms with Gasteiger partial charge in [0, 0.05) is 17.9 Å². The lowest BCUT2D eigenvalue weighted by Gasteiger charge is -2.32. The minimum atomic E-state index is -0.0682. The SMILES string of the molecule is CCC.CCCCCCc1ccc(C)c2c1CC(CC(CCC)C(CC)C(=O)CC(C)=O)CC2=O. The topological polar surface area (TPSA) is 51.2 Å². The van der Waals surface area contributed by atoms with Crippen LogP contribution in [0.1, 0.15) is 139 Å². The third-order valence-corrected chi connectivity index (χ3v) is 7.30. The van der Waals surface area contributed by atoms with Crippen molar-refractivity contribution in [3.8, 4) is 0 Å². The lowest BCUT2D eigenvalue weighted by Crippen LogP contribution is -2.30. The number of aryl methyl sites for hydroxylation is 2. The second kappa shape index (κ2) is 16.8. The van der Waals surface area contributed by atoms with Crippen LogP contribution in [0, 0.1) is 24.7 Å². The Balaban J connectivity index is 0.00000194. The highest BCUT2D eigenvalue weighted by atomic mass is 16.1. The van der Waals surface area contributed by atoms with Crippen LogP contribution in [0.4, 0.5) is 0 Å². The van der Waals surface area contributed by atoms with Crippen LogP contribution in [0.25, 0.3) is 0 Å². The van der Waals surface area contributed by atoms with Crippen molar-refractivity contribution in [2.75, 3.05) is 0 Å². The van der Waals surface area contributed by atoms with Crippen LogP contribution >= 0.6 is 0 Å². The first kappa shape index (κ1) is 31.3. The van der Waals surface area contributed by atoms with E-state index in [9.17, 15) is 14.4 Å². The molecule has 1 aromatic carbocycles. The molecule has 0 saturated heterocycles. The number of carbonyl (C=O) groups excluding carboxylic acids is 3. The molecule has 0 saturated carbocycles. The Bertz CT molecular complexity index is 807. The molecular weight excluding hydrogens is 432 g/mol. The number of benzene rings is 1. The molecule has 1 aliphatic carbocycles. The van der Waals surface area contributed by atoms with Crippen molar-refractivity contribution in [1.82, 2.24) is 0 Å². The number of hydrogen-bond donors (Lipinski definition) is 0. The highest BCUT2D eigenvalue weighted by Gasteiger charge is 2.33. The first-order valence-corrected chi connectivity index (χ1v) is 14.4. The maximum atomic E-state index is 13.2.